The average Bonchev–Trinajstić information content (AvgIpc) is 2.62. The van der Waals surface area contributed by atoms with E-state index in [1.807, 2.05) is 0 Å². The molecule has 1 unspecified atom stereocenters. The van der Waals surface area contributed by atoms with Gasteiger partial charge in [0.1, 0.15) is 11.6 Å². The van der Waals surface area contributed by atoms with Gasteiger partial charge in [-0.1, -0.05) is 0 Å². The molecule has 0 aromatic heterocycles. The van der Waals surface area contributed by atoms with E-state index in [9.17, 15) is 12.8 Å². The Kier molecular flexibility index (Phi) is 3.34. The van der Waals surface area contributed by atoms with Crippen molar-refractivity contribution in [1.29, 1.82) is 0 Å². The zero-order valence-corrected chi connectivity index (χ0v) is 10.8. The van der Waals surface area contributed by atoms with Crippen molar-refractivity contribution in [3.63, 3.8) is 0 Å². The highest BCUT2D eigenvalue weighted by Gasteiger charge is 2.28. The van der Waals surface area contributed by atoms with Gasteiger partial charge in [0.25, 0.3) is 0 Å². The van der Waals surface area contributed by atoms with E-state index >= 15 is 0 Å². The van der Waals surface area contributed by atoms with Crippen molar-refractivity contribution >= 4 is 21.2 Å². The molecule has 1 saturated heterocycles. The number of ether oxygens (including phenoxy) is 1. The first kappa shape index (κ1) is 12.9. The van der Waals surface area contributed by atoms with Crippen LogP contribution in [0.5, 0.6) is 5.75 Å². The molecule has 1 heterocycles. The van der Waals surface area contributed by atoms with Gasteiger partial charge in [0.15, 0.2) is 9.84 Å². The second-order valence-corrected chi connectivity index (χ2v) is 6.55. The number of benzene rings is 1. The smallest absolute Gasteiger partial charge is 0.152 e. The van der Waals surface area contributed by atoms with E-state index in [2.05, 4.69) is 5.32 Å². The molecule has 7 heteroatoms. The summed E-state index contributed by atoms with van der Waals surface area (Å²) in [4.78, 5) is 0. The monoisotopic (exact) mass is 274 g/mol. The summed E-state index contributed by atoms with van der Waals surface area (Å²) in [5.41, 5.74) is 5.98. The molecule has 3 N–H and O–H groups in total. The van der Waals surface area contributed by atoms with Crippen LogP contribution in [0.2, 0.25) is 0 Å². The number of nitrogens with two attached hydrogens (primary N) is 1. The van der Waals surface area contributed by atoms with E-state index in [1.54, 1.807) is 0 Å². The number of methoxy groups -OCH3 is 1. The quantitative estimate of drug-likeness (QED) is 0.804. The number of sulfone groups is 1. The number of rotatable bonds is 3. The molecular formula is C11H15FN2O3S. The number of hydrogen-bond donors (Lipinski definition) is 2. The summed E-state index contributed by atoms with van der Waals surface area (Å²) in [6, 6.07) is 2.33. The Bertz CT molecular complexity index is 560. The highest BCUT2D eigenvalue weighted by molar-refractivity contribution is 7.91. The van der Waals surface area contributed by atoms with Crippen molar-refractivity contribution < 1.29 is 17.5 Å². The van der Waals surface area contributed by atoms with Crippen LogP contribution in [-0.2, 0) is 9.84 Å². The molecule has 1 aliphatic rings. The third kappa shape index (κ3) is 2.66. The first-order valence-electron chi connectivity index (χ1n) is 5.51. The van der Waals surface area contributed by atoms with Gasteiger partial charge >= 0.3 is 0 Å². The van der Waals surface area contributed by atoms with Gasteiger partial charge in [-0.3, -0.25) is 0 Å². The van der Waals surface area contributed by atoms with Gasteiger partial charge in [-0.05, 0) is 6.42 Å². The second kappa shape index (κ2) is 4.64. The van der Waals surface area contributed by atoms with E-state index in [0.29, 0.717) is 12.2 Å². The van der Waals surface area contributed by atoms with Crippen LogP contribution in [0.15, 0.2) is 12.1 Å². The first-order chi connectivity index (χ1) is 8.41. The number of anilines is 2. The zero-order valence-electron chi connectivity index (χ0n) is 9.94. The summed E-state index contributed by atoms with van der Waals surface area (Å²) >= 11 is 0. The summed E-state index contributed by atoms with van der Waals surface area (Å²) in [5.74, 6) is 0.00898. The summed E-state index contributed by atoms with van der Waals surface area (Å²) in [7, 11) is -1.56. The average molecular weight is 274 g/mol. The molecule has 1 aromatic carbocycles. The fourth-order valence-electron chi connectivity index (χ4n) is 1.98. The molecular weight excluding hydrogens is 259 g/mol. The van der Waals surface area contributed by atoms with Crippen LogP contribution in [0.3, 0.4) is 0 Å². The predicted molar refractivity (Wildman–Crippen MR) is 68.0 cm³/mol. The normalized spacial score (nSPS) is 21.8. The largest absolute Gasteiger partial charge is 0.495 e. The van der Waals surface area contributed by atoms with E-state index in [1.165, 1.54) is 13.2 Å². The van der Waals surface area contributed by atoms with Crippen molar-refractivity contribution in [2.45, 2.75) is 12.5 Å². The van der Waals surface area contributed by atoms with Crippen molar-refractivity contribution in [3.05, 3.63) is 17.9 Å². The zero-order chi connectivity index (χ0) is 13.3. The molecule has 0 bridgehead atoms. The Morgan fingerprint density at radius 1 is 1.50 bits per heavy atom. The molecule has 100 valence electrons. The number of hydrogen-bond acceptors (Lipinski definition) is 5. The SMILES string of the molecule is COc1cc(NC2CCS(=O)(=O)C2)c(F)cc1N. The van der Waals surface area contributed by atoms with Gasteiger partial charge in [-0.15, -0.1) is 0 Å². The van der Waals surface area contributed by atoms with Crippen molar-refractivity contribution in [1.82, 2.24) is 0 Å². The Balaban J connectivity index is 2.19. The third-order valence-electron chi connectivity index (χ3n) is 2.91. The lowest BCUT2D eigenvalue weighted by Gasteiger charge is -2.15. The van der Waals surface area contributed by atoms with Gasteiger partial charge in [-0.25, -0.2) is 12.8 Å². The van der Waals surface area contributed by atoms with E-state index in [4.69, 9.17) is 10.5 Å². The van der Waals surface area contributed by atoms with Crippen LogP contribution in [0.25, 0.3) is 0 Å². The number of nitrogens with one attached hydrogen (secondary N) is 1. The summed E-state index contributed by atoms with van der Waals surface area (Å²) in [5, 5.41) is 2.88. The van der Waals surface area contributed by atoms with Gasteiger partial charge < -0.3 is 15.8 Å². The molecule has 18 heavy (non-hydrogen) atoms. The molecule has 5 nitrogen and oxygen atoms in total. The Morgan fingerprint density at radius 3 is 2.78 bits per heavy atom. The van der Waals surface area contributed by atoms with E-state index < -0.39 is 15.7 Å². The fraction of sp³-hybridized carbons (Fsp3) is 0.455. The summed E-state index contributed by atoms with van der Waals surface area (Å²) < 4.78 is 41.3. The molecule has 0 saturated carbocycles. The maximum absolute atomic E-state index is 13.7. The highest BCUT2D eigenvalue weighted by atomic mass is 32.2. The van der Waals surface area contributed by atoms with Crippen LogP contribution in [-0.4, -0.2) is 33.1 Å². The van der Waals surface area contributed by atoms with Gasteiger partial charge in [0.2, 0.25) is 0 Å². The van der Waals surface area contributed by atoms with Gasteiger partial charge in [-0.2, -0.15) is 0 Å². The molecule has 1 atom stereocenters. The number of nitrogen functional groups attached to an aromatic ring is 1. The second-order valence-electron chi connectivity index (χ2n) is 4.32. The first-order valence-corrected chi connectivity index (χ1v) is 7.33. The maximum atomic E-state index is 13.7. The van der Waals surface area contributed by atoms with Gasteiger partial charge in [0.05, 0.1) is 30.0 Å². The Hall–Kier alpha value is -1.50. The minimum Gasteiger partial charge on any atom is -0.495 e. The lowest BCUT2D eigenvalue weighted by molar-refractivity contribution is 0.416. The van der Waals surface area contributed by atoms with Crippen LogP contribution in [0, 0.1) is 5.82 Å². The highest BCUT2D eigenvalue weighted by Crippen LogP contribution is 2.29. The minimum atomic E-state index is -2.99. The molecule has 2 rings (SSSR count). The Morgan fingerprint density at radius 2 is 2.22 bits per heavy atom. The molecule has 0 radical (unpaired) electrons. The van der Waals surface area contributed by atoms with Crippen LogP contribution < -0.4 is 15.8 Å². The minimum absolute atomic E-state index is 0.0269. The standard InChI is InChI=1S/C11H15FN2O3S/c1-17-11-5-10(8(12)4-9(11)13)14-7-2-3-18(15,16)6-7/h4-5,7,14H,2-3,6,13H2,1H3. The van der Waals surface area contributed by atoms with E-state index in [-0.39, 0.29) is 28.9 Å². The van der Waals surface area contributed by atoms with Crippen molar-refractivity contribution in [2.24, 2.45) is 0 Å². The lowest BCUT2D eigenvalue weighted by atomic mass is 10.2. The van der Waals surface area contributed by atoms with Crippen LogP contribution in [0.1, 0.15) is 6.42 Å². The van der Waals surface area contributed by atoms with E-state index in [0.717, 1.165) is 6.07 Å². The molecule has 0 aliphatic carbocycles. The van der Waals surface area contributed by atoms with Crippen LogP contribution >= 0.6 is 0 Å². The van der Waals surface area contributed by atoms with Crippen molar-refractivity contribution in [3.8, 4) is 5.75 Å². The predicted octanol–water partition coefficient (Wildman–Crippen LogP) is 1.02. The molecule has 1 fully saturated rings. The van der Waals surface area contributed by atoms with Crippen molar-refractivity contribution in [2.75, 3.05) is 29.7 Å². The fourth-order valence-corrected chi connectivity index (χ4v) is 3.66. The summed E-state index contributed by atoms with van der Waals surface area (Å²) in [6.07, 6.45) is 0.481. The molecule has 0 amide bonds. The molecule has 1 aliphatic heterocycles. The third-order valence-corrected chi connectivity index (χ3v) is 4.68. The van der Waals surface area contributed by atoms with Gasteiger partial charge in [0, 0.05) is 18.2 Å². The number of halogens is 1. The topological polar surface area (TPSA) is 81.4 Å². The Labute approximate surface area is 105 Å². The lowest BCUT2D eigenvalue weighted by Crippen LogP contribution is -2.21. The summed E-state index contributed by atoms with van der Waals surface area (Å²) in [6.45, 7) is 0. The van der Waals surface area contributed by atoms with Crippen LogP contribution in [0.4, 0.5) is 15.8 Å². The molecule has 0 spiro atoms. The maximum Gasteiger partial charge on any atom is 0.152 e. The molecule has 1 aromatic rings.